The smallest absolute Gasteiger partial charge is 0.161 e. The van der Waals surface area contributed by atoms with E-state index in [2.05, 4.69) is 5.32 Å². The molecule has 0 spiro atoms. The molecule has 0 amide bonds. The van der Waals surface area contributed by atoms with Crippen LogP contribution in [-0.4, -0.2) is 21.6 Å². The van der Waals surface area contributed by atoms with Gasteiger partial charge in [-0.25, -0.2) is 9.37 Å². The van der Waals surface area contributed by atoms with Crippen molar-refractivity contribution < 1.29 is 14.2 Å². The number of phenolic OH excluding ortho intramolecular Hbond substituents is 1. The third-order valence-corrected chi connectivity index (χ3v) is 4.34. The summed E-state index contributed by atoms with van der Waals surface area (Å²) in [6.45, 7) is 2.00. The number of aromatic nitrogens is 2. The molecule has 0 fully saturated rings. The predicted octanol–water partition coefficient (Wildman–Crippen LogP) is 4.91. The Labute approximate surface area is 155 Å². The van der Waals surface area contributed by atoms with Crippen molar-refractivity contribution in [2.75, 3.05) is 12.4 Å². The number of pyridine rings is 1. The highest BCUT2D eigenvalue weighted by Gasteiger charge is 2.16. The number of aromatic hydroxyl groups is 1. The first kappa shape index (κ1) is 16.9. The van der Waals surface area contributed by atoms with Crippen LogP contribution in [0.2, 0.25) is 0 Å². The highest BCUT2D eigenvalue weighted by molar-refractivity contribution is 5.80. The van der Waals surface area contributed by atoms with Crippen LogP contribution in [0, 0.1) is 12.7 Å². The Morgan fingerprint density at radius 3 is 2.59 bits per heavy atom. The number of fused-ring (bicyclic) bond motifs is 1. The Hall–Kier alpha value is -3.54. The molecule has 0 bridgehead atoms. The summed E-state index contributed by atoms with van der Waals surface area (Å²) >= 11 is 0. The lowest BCUT2D eigenvalue weighted by molar-refractivity contribution is 0.373. The van der Waals surface area contributed by atoms with E-state index in [1.165, 1.54) is 19.2 Å². The van der Waals surface area contributed by atoms with Gasteiger partial charge < -0.3 is 15.2 Å². The minimum Gasteiger partial charge on any atom is -0.504 e. The Bertz CT molecular complexity index is 1120. The number of halogens is 1. The van der Waals surface area contributed by atoms with Gasteiger partial charge in [-0.15, -0.1) is 0 Å². The average Bonchev–Trinajstić information content (AvgIpc) is 3.01. The lowest BCUT2D eigenvalue weighted by Gasteiger charge is -2.10. The molecule has 0 radical (unpaired) electrons. The zero-order chi connectivity index (χ0) is 19.0. The topological polar surface area (TPSA) is 58.8 Å². The van der Waals surface area contributed by atoms with E-state index < -0.39 is 0 Å². The zero-order valence-corrected chi connectivity index (χ0v) is 14.9. The number of hydrogen-bond donors (Lipinski definition) is 2. The fourth-order valence-electron chi connectivity index (χ4n) is 2.96. The van der Waals surface area contributed by atoms with Crippen LogP contribution in [-0.2, 0) is 0 Å². The van der Waals surface area contributed by atoms with E-state index in [9.17, 15) is 9.50 Å². The van der Waals surface area contributed by atoms with Crippen molar-refractivity contribution >= 4 is 17.2 Å². The quantitative estimate of drug-likeness (QED) is 0.541. The van der Waals surface area contributed by atoms with Gasteiger partial charge >= 0.3 is 0 Å². The summed E-state index contributed by atoms with van der Waals surface area (Å²) in [5, 5.41) is 13.2. The van der Waals surface area contributed by atoms with Crippen molar-refractivity contribution in [3.63, 3.8) is 0 Å². The molecule has 0 saturated heterocycles. The van der Waals surface area contributed by atoms with Gasteiger partial charge in [0.05, 0.1) is 7.11 Å². The molecular weight excluding hydrogens is 345 g/mol. The molecule has 2 N–H and O–H groups in total. The summed E-state index contributed by atoms with van der Waals surface area (Å²) in [5.41, 5.74) is 4.10. The third-order valence-electron chi connectivity index (χ3n) is 4.34. The third kappa shape index (κ3) is 3.17. The number of ether oxygens (including phenoxy) is 1. The van der Waals surface area contributed by atoms with Gasteiger partial charge in [0.25, 0.3) is 0 Å². The molecule has 0 saturated carbocycles. The highest BCUT2D eigenvalue weighted by atomic mass is 19.1. The fourth-order valence-corrected chi connectivity index (χ4v) is 2.96. The number of methoxy groups -OCH3 is 1. The maximum atomic E-state index is 13.2. The number of benzene rings is 2. The molecule has 2 heterocycles. The van der Waals surface area contributed by atoms with Gasteiger partial charge in [0, 0.05) is 17.4 Å². The first-order valence-corrected chi connectivity index (χ1v) is 8.44. The molecule has 0 aliphatic rings. The number of nitrogens with one attached hydrogen (secondary N) is 1. The summed E-state index contributed by atoms with van der Waals surface area (Å²) in [6, 6.07) is 15.2. The SMILES string of the molecule is COc1cc(-c2nc3cc(C)ccn3c2Nc2ccc(F)cc2)ccc1O. The number of phenols is 1. The van der Waals surface area contributed by atoms with Crippen LogP contribution in [0.5, 0.6) is 11.5 Å². The van der Waals surface area contributed by atoms with Crippen molar-refractivity contribution in [3.8, 4) is 22.8 Å². The summed E-state index contributed by atoms with van der Waals surface area (Å²) in [5.74, 6) is 0.879. The van der Waals surface area contributed by atoms with Gasteiger partial charge in [-0.3, -0.25) is 4.40 Å². The van der Waals surface area contributed by atoms with Crippen LogP contribution in [0.15, 0.2) is 60.8 Å². The molecular formula is C21H18FN3O2. The standard InChI is InChI=1S/C21H18FN3O2/c1-13-9-10-25-19(11-13)24-20(14-3-8-17(26)18(12-14)27-2)21(25)23-16-6-4-15(22)5-7-16/h3-12,23,26H,1-2H3. The van der Waals surface area contributed by atoms with Crippen LogP contribution in [0.4, 0.5) is 15.9 Å². The van der Waals surface area contributed by atoms with E-state index in [-0.39, 0.29) is 11.6 Å². The van der Waals surface area contributed by atoms with Crippen molar-refractivity contribution in [3.05, 3.63) is 72.2 Å². The maximum Gasteiger partial charge on any atom is 0.161 e. The number of anilines is 2. The number of hydrogen-bond acceptors (Lipinski definition) is 4. The molecule has 4 aromatic rings. The van der Waals surface area contributed by atoms with Crippen LogP contribution in [0.25, 0.3) is 16.9 Å². The largest absolute Gasteiger partial charge is 0.504 e. The Morgan fingerprint density at radius 2 is 1.85 bits per heavy atom. The highest BCUT2D eigenvalue weighted by Crippen LogP contribution is 2.36. The lowest BCUT2D eigenvalue weighted by atomic mass is 10.1. The summed E-state index contributed by atoms with van der Waals surface area (Å²) in [6.07, 6.45) is 1.94. The van der Waals surface area contributed by atoms with Gasteiger partial charge in [0.2, 0.25) is 0 Å². The molecule has 0 aliphatic carbocycles. The number of rotatable bonds is 4. The summed E-state index contributed by atoms with van der Waals surface area (Å²) < 4.78 is 20.4. The first-order valence-electron chi connectivity index (χ1n) is 8.44. The van der Waals surface area contributed by atoms with Gasteiger partial charge in [0.15, 0.2) is 11.5 Å². The predicted molar refractivity (Wildman–Crippen MR) is 103 cm³/mol. The zero-order valence-electron chi connectivity index (χ0n) is 14.9. The summed E-state index contributed by atoms with van der Waals surface area (Å²) in [7, 11) is 1.50. The Balaban J connectivity index is 1.89. The minimum absolute atomic E-state index is 0.0638. The van der Waals surface area contributed by atoms with Crippen LogP contribution in [0.3, 0.4) is 0 Å². The number of aryl methyl sites for hydroxylation is 1. The van der Waals surface area contributed by atoms with Crippen LogP contribution >= 0.6 is 0 Å². The molecule has 5 nitrogen and oxygen atoms in total. The van der Waals surface area contributed by atoms with Gasteiger partial charge in [-0.1, -0.05) is 0 Å². The second-order valence-corrected chi connectivity index (χ2v) is 6.26. The van der Waals surface area contributed by atoms with E-state index in [1.54, 1.807) is 30.3 Å². The average molecular weight is 363 g/mol. The normalized spacial score (nSPS) is 10.9. The first-order chi connectivity index (χ1) is 13.0. The molecule has 6 heteroatoms. The fraction of sp³-hybridized carbons (Fsp3) is 0.0952. The van der Waals surface area contributed by atoms with E-state index in [0.29, 0.717) is 11.4 Å². The Morgan fingerprint density at radius 1 is 1.07 bits per heavy atom. The second-order valence-electron chi connectivity index (χ2n) is 6.26. The minimum atomic E-state index is -0.294. The molecule has 0 atom stereocenters. The molecule has 0 unspecified atom stereocenters. The van der Waals surface area contributed by atoms with Crippen molar-refractivity contribution in [2.24, 2.45) is 0 Å². The van der Waals surface area contributed by atoms with Crippen LogP contribution in [0.1, 0.15) is 5.56 Å². The van der Waals surface area contributed by atoms with Crippen molar-refractivity contribution in [2.45, 2.75) is 6.92 Å². The van der Waals surface area contributed by atoms with E-state index in [4.69, 9.17) is 9.72 Å². The Kier molecular flexibility index (Phi) is 4.16. The van der Waals surface area contributed by atoms with E-state index >= 15 is 0 Å². The van der Waals surface area contributed by atoms with Crippen molar-refractivity contribution in [1.29, 1.82) is 0 Å². The molecule has 27 heavy (non-hydrogen) atoms. The van der Waals surface area contributed by atoms with Crippen molar-refractivity contribution in [1.82, 2.24) is 9.38 Å². The van der Waals surface area contributed by atoms with E-state index in [1.807, 2.05) is 29.7 Å². The summed E-state index contributed by atoms with van der Waals surface area (Å²) in [4.78, 5) is 4.75. The van der Waals surface area contributed by atoms with Gasteiger partial charge in [0.1, 0.15) is 23.0 Å². The molecule has 0 aliphatic heterocycles. The monoisotopic (exact) mass is 363 g/mol. The molecule has 4 rings (SSSR count). The van der Waals surface area contributed by atoms with E-state index in [0.717, 1.165) is 28.3 Å². The lowest BCUT2D eigenvalue weighted by Crippen LogP contribution is -1.97. The second kappa shape index (κ2) is 6.64. The van der Waals surface area contributed by atoms with Gasteiger partial charge in [-0.05, 0) is 67.1 Å². The van der Waals surface area contributed by atoms with Gasteiger partial charge in [-0.2, -0.15) is 0 Å². The molecule has 2 aromatic heterocycles. The number of imidazole rings is 1. The molecule has 136 valence electrons. The molecule has 2 aromatic carbocycles. The number of nitrogens with zero attached hydrogens (tertiary/aromatic N) is 2. The maximum absolute atomic E-state index is 13.2. The van der Waals surface area contributed by atoms with Crippen LogP contribution < -0.4 is 10.1 Å².